The number of hydrogen-bond donors (Lipinski definition) is 1. The molecule has 0 amide bonds. The van der Waals surface area contributed by atoms with Gasteiger partial charge in [-0.05, 0) is 43.2 Å². The van der Waals surface area contributed by atoms with Crippen LogP contribution in [0.2, 0.25) is 0 Å². The van der Waals surface area contributed by atoms with Gasteiger partial charge in [0.2, 0.25) is 0 Å². The predicted octanol–water partition coefficient (Wildman–Crippen LogP) is 4.06. The van der Waals surface area contributed by atoms with Crippen molar-refractivity contribution < 1.29 is 4.39 Å². The van der Waals surface area contributed by atoms with Gasteiger partial charge in [0.25, 0.3) is 0 Å². The second-order valence-electron chi connectivity index (χ2n) is 4.19. The molecule has 3 heteroatoms. The number of aryl methyl sites for hydroxylation is 2. The molecule has 0 saturated carbocycles. The zero-order valence-electron chi connectivity index (χ0n) is 10.3. The molecular weight excluding hydrogens is 227 g/mol. The molecule has 0 fully saturated rings. The van der Waals surface area contributed by atoms with Crippen LogP contribution in [0.15, 0.2) is 36.4 Å². The average molecular weight is 240 g/mol. The van der Waals surface area contributed by atoms with Gasteiger partial charge >= 0.3 is 0 Å². The van der Waals surface area contributed by atoms with E-state index in [0.29, 0.717) is 11.3 Å². The maximum atomic E-state index is 13.2. The maximum absolute atomic E-state index is 13.2. The fraction of sp³-hybridized carbons (Fsp3) is 0.133. The molecule has 0 bridgehead atoms. The van der Waals surface area contributed by atoms with Crippen LogP contribution in [0.5, 0.6) is 0 Å². The van der Waals surface area contributed by atoms with Crippen molar-refractivity contribution in [3.63, 3.8) is 0 Å². The van der Waals surface area contributed by atoms with Gasteiger partial charge in [-0.2, -0.15) is 5.26 Å². The summed E-state index contributed by atoms with van der Waals surface area (Å²) in [5.74, 6) is -0.296. The highest BCUT2D eigenvalue weighted by atomic mass is 19.1. The quantitative estimate of drug-likeness (QED) is 0.859. The molecule has 2 aromatic carbocycles. The van der Waals surface area contributed by atoms with E-state index in [0.717, 1.165) is 16.8 Å². The van der Waals surface area contributed by atoms with Gasteiger partial charge in [0.15, 0.2) is 0 Å². The van der Waals surface area contributed by atoms with Gasteiger partial charge in [0.1, 0.15) is 11.9 Å². The first-order chi connectivity index (χ1) is 8.61. The van der Waals surface area contributed by atoms with Gasteiger partial charge in [-0.15, -0.1) is 0 Å². The molecule has 2 rings (SSSR count). The lowest BCUT2D eigenvalue weighted by atomic mass is 10.1. The molecule has 0 aliphatic rings. The SMILES string of the molecule is Cc1ccc(F)cc1Nc1c(C)cccc1C#N. The molecule has 0 aromatic heterocycles. The molecule has 0 unspecified atom stereocenters. The van der Waals surface area contributed by atoms with Crippen LogP contribution >= 0.6 is 0 Å². The molecule has 0 aliphatic heterocycles. The van der Waals surface area contributed by atoms with Gasteiger partial charge in [0.05, 0.1) is 11.3 Å². The van der Waals surface area contributed by atoms with Crippen LogP contribution in [-0.2, 0) is 0 Å². The molecule has 0 heterocycles. The molecule has 2 nitrogen and oxygen atoms in total. The molecule has 0 saturated heterocycles. The van der Waals surface area contributed by atoms with Gasteiger partial charge in [-0.1, -0.05) is 18.2 Å². The minimum atomic E-state index is -0.296. The van der Waals surface area contributed by atoms with Gasteiger partial charge < -0.3 is 5.32 Å². The number of rotatable bonds is 2. The summed E-state index contributed by atoms with van der Waals surface area (Å²) in [7, 11) is 0. The molecule has 0 atom stereocenters. The Morgan fingerprint density at radius 2 is 1.89 bits per heavy atom. The van der Waals surface area contributed by atoms with Crippen molar-refractivity contribution in [1.29, 1.82) is 5.26 Å². The van der Waals surface area contributed by atoms with Crippen LogP contribution in [0.3, 0.4) is 0 Å². The highest BCUT2D eigenvalue weighted by Crippen LogP contribution is 2.26. The zero-order valence-corrected chi connectivity index (χ0v) is 10.3. The normalized spacial score (nSPS) is 9.89. The number of nitrogens with zero attached hydrogens (tertiary/aromatic N) is 1. The highest BCUT2D eigenvalue weighted by Gasteiger charge is 2.07. The monoisotopic (exact) mass is 240 g/mol. The first-order valence-electron chi connectivity index (χ1n) is 5.64. The summed E-state index contributed by atoms with van der Waals surface area (Å²) in [5.41, 5.74) is 3.86. The van der Waals surface area contributed by atoms with E-state index in [4.69, 9.17) is 5.26 Å². The Morgan fingerprint density at radius 1 is 1.11 bits per heavy atom. The van der Waals surface area contributed by atoms with Gasteiger partial charge in [-0.25, -0.2) is 4.39 Å². The third-order valence-corrected chi connectivity index (χ3v) is 2.85. The lowest BCUT2D eigenvalue weighted by Gasteiger charge is -2.13. The fourth-order valence-electron chi connectivity index (χ4n) is 1.79. The Morgan fingerprint density at radius 3 is 2.61 bits per heavy atom. The highest BCUT2D eigenvalue weighted by molar-refractivity contribution is 5.71. The van der Waals surface area contributed by atoms with E-state index in [-0.39, 0.29) is 5.82 Å². The Bertz CT molecular complexity index is 627. The smallest absolute Gasteiger partial charge is 0.125 e. The molecule has 0 radical (unpaired) electrons. The van der Waals surface area contributed by atoms with Crippen LogP contribution in [0.4, 0.5) is 15.8 Å². The maximum Gasteiger partial charge on any atom is 0.125 e. The average Bonchev–Trinajstić information content (AvgIpc) is 2.36. The van der Waals surface area contributed by atoms with Crippen molar-refractivity contribution in [1.82, 2.24) is 0 Å². The third-order valence-electron chi connectivity index (χ3n) is 2.85. The summed E-state index contributed by atoms with van der Waals surface area (Å²) >= 11 is 0. The Kier molecular flexibility index (Phi) is 3.29. The van der Waals surface area contributed by atoms with E-state index in [1.54, 1.807) is 12.1 Å². The van der Waals surface area contributed by atoms with Crippen molar-refractivity contribution in [2.45, 2.75) is 13.8 Å². The summed E-state index contributed by atoms with van der Waals surface area (Å²) in [4.78, 5) is 0. The van der Waals surface area contributed by atoms with Crippen LogP contribution in [0.1, 0.15) is 16.7 Å². The number of para-hydroxylation sites is 1. The lowest BCUT2D eigenvalue weighted by Crippen LogP contribution is -1.98. The standard InChI is InChI=1S/C15H13FN2/c1-10-6-7-13(16)8-14(10)18-15-11(2)4-3-5-12(15)9-17/h3-8,18H,1-2H3. The van der Waals surface area contributed by atoms with Gasteiger partial charge in [0, 0.05) is 5.69 Å². The number of hydrogen-bond acceptors (Lipinski definition) is 2. The third kappa shape index (κ3) is 2.33. The molecule has 0 spiro atoms. The van der Waals surface area contributed by atoms with Crippen LogP contribution in [0, 0.1) is 31.0 Å². The zero-order chi connectivity index (χ0) is 13.1. The second-order valence-corrected chi connectivity index (χ2v) is 4.19. The van der Waals surface area contributed by atoms with Crippen molar-refractivity contribution in [3.05, 3.63) is 58.9 Å². The van der Waals surface area contributed by atoms with Crippen LogP contribution in [-0.4, -0.2) is 0 Å². The van der Waals surface area contributed by atoms with Crippen molar-refractivity contribution in [2.75, 3.05) is 5.32 Å². The lowest BCUT2D eigenvalue weighted by molar-refractivity contribution is 0.628. The number of anilines is 2. The molecule has 90 valence electrons. The molecule has 2 aromatic rings. The van der Waals surface area contributed by atoms with E-state index in [2.05, 4.69) is 11.4 Å². The first-order valence-corrected chi connectivity index (χ1v) is 5.64. The molecule has 18 heavy (non-hydrogen) atoms. The van der Waals surface area contributed by atoms with Crippen LogP contribution in [0.25, 0.3) is 0 Å². The fourth-order valence-corrected chi connectivity index (χ4v) is 1.79. The van der Waals surface area contributed by atoms with E-state index in [9.17, 15) is 4.39 Å². The largest absolute Gasteiger partial charge is 0.354 e. The summed E-state index contributed by atoms with van der Waals surface area (Å²) in [6.07, 6.45) is 0. The second kappa shape index (κ2) is 4.89. The number of halogens is 1. The summed E-state index contributed by atoms with van der Waals surface area (Å²) in [5, 5.41) is 12.2. The van der Waals surface area contributed by atoms with E-state index < -0.39 is 0 Å². The van der Waals surface area contributed by atoms with E-state index in [1.165, 1.54) is 12.1 Å². The number of benzene rings is 2. The number of nitrogens with one attached hydrogen (secondary N) is 1. The molecular formula is C15H13FN2. The Labute approximate surface area is 106 Å². The summed E-state index contributed by atoms with van der Waals surface area (Å²) < 4.78 is 13.2. The topological polar surface area (TPSA) is 35.8 Å². The first kappa shape index (κ1) is 12.1. The summed E-state index contributed by atoms with van der Waals surface area (Å²) in [6, 6.07) is 12.2. The minimum Gasteiger partial charge on any atom is -0.354 e. The van der Waals surface area contributed by atoms with Crippen molar-refractivity contribution in [2.24, 2.45) is 0 Å². The minimum absolute atomic E-state index is 0.296. The van der Waals surface area contributed by atoms with Crippen molar-refractivity contribution in [3.8, 4) is 6.07 Å². The van der Waals surface area contributed by atoms with Crippen LogP contribution < -0.4 is 5.32 Å². The number of nitriles is 1. The molecule has 1 N–H and O–H groups in total. The van der Waals surface area contributed by atoms with Crippen molar-refractivity contribution >= 4 is 11.4 Å². The Hall–Kier alpha value is -2.34. The molecule has 0 aliphatic carbocycles. The van der Waals surface area contributed by atoms with E-state index >= 15 is 0 Å². The summed E-state index contributed by atoms with van der Waals surface area (Å²) in [6.45, 7) is 3.81. The van der Waals surface area contributed by atoms with Gasteiger partial charge in [-0.3, -0.25) is 0 Å². The Balaban J connectivity index is 2.46. The van der Waals surface area contributed by atoms with E-state index in [1.807, 2.05) is 26.0 Å². The predicted molar refractivity (Wildman–Crippen MR) is 70.3 cm³/mol.